The minimum Gasteiger partial charge on any atom is -0.496 e. The predicted octanol–water partition coefficient (Wildman–Crippen LogP) is 13.9. The number of hydroxylamine groups is 4. The summed E-state index contributed by atoms with van der Waals surface area (Å²) in [6.07, 6.45) is 17.1. The lowest BCUT2D eigenvalue weighted by Crippen LogP contribution is -2.62. The van der Waals surface area contributed by atoms with Gasteiger partial charge in [0.25, 0.3) is 5.91 Å². The molecule has 3 amide bonds. The fourth-order valence-corrected chi connectivity index (χ4v) is 21.4. The third-order valence-corrected chi connectivity index (χ3v) is 28.9. The number of methoxy groups -OCH3 is 2. The second-order valence-electron chi connectivity index (χ2n) is 38.0. The molecule has 23 nitrogen and oxygen atoms in total. The highest BCUT2D eigenvalue weighted by Crippen LogP contribution is 2.62. The number of hydrogen-bond acceptors (Lipinski definition) is 19. The van der Waals surface area contributed by atoms with Gasteiger partial charge >= 0.3 is 5.97 Å². The van der Waals surface area contributed by atoms with Crippen molar-refractivity contribution in [2.24, 2.45) is 58.2 Å². The summed E-state index contributed by atoms with van der Waals surface area (Å²) in [6.45, 7) is 31.7. The zero-order valence-corrected chi connectivity index (χ0v) is 77.1. The molecule has 18 atom stereocenters. The normalized spacial score (nSPS) is 27.2. The van der Waals surface area contributed by atoms with Gasteiger partial charge in [0, 0.05) is 162 Å². The molecule has 0 aromatic heterocycles. The van der Waals surface area contributed by atoms with Crippen LogP contribution in [-0.2, 0) is 56.7 Å². The molecular formula is C105H144N10O13. The molecule has 6 aromatic rings. The van der Waals surface area contributed by atoms with Crippen molar-refractivity contribution in [3.8, 4) is 22.6 Å². The second-order valence-corrected chi connectivity index (χ2v) is 38.0. The minimum absolute atomic E-state index is 0. The Bertz CT molecular complexity index is 4820. The topological polar surface area (TPSA) is 265 Å². The van der Waals surface area contributed by atoms with Crippen molar-refractivity contribution in [3.05, 3.63) is 252 Å². The molecule has 6 saturated carbocycles. The summed E-state index contributed by atoms with van der Waals surface area (Å²) in [6, 6.07) is 48.0. The van der Waals surface area contributed by atoms with Gasteiger partial charge < -0.3 is 65.7 Å². The molecule has 4 saturated heterocycles. The van der Waals surface area contributed by atoms with Gasteiger partial charge in [-0.2, -0.15) is 10.1 Å². The Balaban J connectivity index is 0.000000211. The molecule has 692 valence electrons. The minimum atomic E-state index is -1.09. The van der Waals surface area contributed by atoms with E-state index in [1.807, 2.05) is 111 Å². The Morgan fingerprint density at radius 2 is 1.14 bits per heavy atom. The van der Waals surface area contributed by atoms with E-state index in [4.69, 9.17) is 19.1 Å². The van der Waals surface area contributed by atoms with E-state index in [0.717, 1.165) is 100.0 Å². The quantitative estimate of drug-likeness (QED) is 0.0144. The molecule has 10 aliphatic rings. The average molecular weight is 1750 g/mol. The average Bonchev–Trinajstić information content (AvgIpc) is 0.847. The largest absolute Gasteiger partial charge is 0.496 e. The smallest absolute Gasteiger partial charge is 0.328 e. The van der Waals surface area contributed by atoms with Crippen molar-refractivity contribution in [2.45, 2.75) is 188 Å². The molecule has 4 heterocycles. The van der Waals surface area contributed by atoms with Crippen LogP contribution in [-0.4, -0.2) is 235 Å². The number of anilines is 1. The van der Waals surface area contributed by atoms with Crippen molar-refractivity contribution in [2.75, 3.05) is 99.8 Å². The van der Waals surface area contributed by atoms with Crippen molar-refractivity contribution in [1.29, 1.82) is 0 Å². The van der Waals surface area contributed by atoms with Crippen LogP contribution in [0.2, 0.25) is 0 Å². The van der Waals surface area contributed by atoms with Gasteiger partial charge in [0.15, 0.2) is 0 Å². The first kappa shape index (κ1) is 99.0. The molecule has 10 fully saturated rings. The van der Waals surface area contributed by atoms with Crippen molar-refractivity contribution in [1.82, 2.24) is 45.7 Å². The van der Waals surface area contributed by atoms with Crippen LogP contribution >= 0.6 is 0 Å². The molecule has 8 N–H and O–H groups in total. The maximum Gasteiger partial charge on any atom is 0.328 e. The van der Waals surface area contributed by atoms with Crippen LogP contribution < -0.4 is 30.3 Å². The van der Waals surface area contributed by atoms with Gasteiger partial charge in [0.05, 0.1) is 52.7 Å². The monoisotopic (exact) mass is 1750 g/mol. The van der Waals surface area contributed by atoms with E-state index in [1.165, 1.54) is 42.7 Å². The number of hydrogen-bond donors (Lipinski definition) is 8. The first-order valence-electron chi connectivity index (χ1n) is 45.6. The van der Waals surface area contributed by atoms with E-state index in [1.54, 1.807) is 43.2 Å². The number of carboxylic acid groups (broad SMARTS) is 1. The number of carbonyl (C=O) groups is 4. The standard InChI is InChI=1S/C52H67N5O6.C34H49N3O7.C18H24N2.CH4/c1-33-44-27-40(52(44,3)4)28-45(33)53-50(60)48-47(34(2)59)46(32-58)63-57(48)30-37-19-14-20-43(49(37)62-7)38-24-39(26-41(25-38)54(5)6)51(61)56-22-21-55(29-36-17-12-9-13-18-36)31-42(56)23-35-15-10-8-11-16-35;1-19(36(6)7)14-22(12-13-29(40)41)25-11-9-10-23(32(25)43-8)17-37-31(30(21(3)39)28(18-38)44-37)33(42)35-27-16-24-15-26(20(27)2)34(24,4)5;1-2-3-4-5-9-12-18-16-20(14-13-19-18)15-17-10-7-6-8-11-17;/h8-20,24-26,33-34,40,42,44-48,58-59H,21-23,27-32H2,1-7H3,(H,53,60);9-14,20-21,24,26-28,30-31,38-39H,1,15-18H2,2-8H3,(H,35,42)(H,40,41);2-11,18-19H,1,12-16H2;1H4/b;13-12+,22-14+;4-3-,9-5+;/t33-,34-,40+,42-,44-,45-,46-,47+,48-;20-,21-,24+,26-,27-,28-,30+,31-;18-;/m000./s1. The highest BCUT2D eigenvalue weighted by molar-refractivity contribution is 5.98. The van der Waals surface area contributed by atoms with Gasteiger partial charge in [-0.15, -0.1) is 0 Å². The van der Waals surface area contributed by atoms with Crippen LogP contribution in [0, 0.1) is 58.2 Å². The number of amides is 3. The second kappa shape index (κ2) is 44.8. The molecule has 4 aliphatic heterocycles. The molecule has 6 aromatic carbocycles. The number of aliphatic hydroxyl groups excluding tert-OH is 4. The Kier molecular flexibility index (Phi) is 34.7. The molecular weight excluding hydrogens is 1610 g/mol. The first-order valence-corrected chi connectivity index (χ1v) is 45.6. The zero-order chi connectivity index (χ0) is 91.1. The predicted molar refractivity (Wildman–Crippen MR) is 508 cm³/mol. The number of piperazine rings is 2. The maximum atomic E-state index is 14.9. The highest BCUT2D eigenvalue weighted by Gasteiger charge is 2.60. The number of carbonyl (C=O) groups excluding carboxylic acids is 3. The molecule has 16 rings (SSSR count). The number of carboxylic acids is 1. The number of nitrogens with one attached hydrogen (secondary N) is 3. The van der Waals surface area contributed by atoms with Crippen LogP contribution in [0.1, 0.15) is 139 Å². The summed E-state index contributed by atoms with van der Waals surface area (Å²) in [5, 5.41) is 65.3. The fourth-order valence-electron chi connectivity index (χ4n) is 21.4. The Morgan fingerprint density at radius 3 is 1.62 bits per heavy atom. The van der Waals surface area contributed by atoms with Crippen LogP contribution in [0.25, 0.3) is 16.7 Å². The van der Waals surface area contributed by atoms with Crippen LogP contribution in [0.5, 0.6) is 11.5 Å². The summed E-state index contributed by atoms with van der Waals surface area (Å²) in [4.78, 5) is 78.1. The lowest BCUT2D eigenvalue weighted by molar-refractivity contribution is -0.183. The maximum absolute atomic E-state index is 14.9. The number of allylic oxidation sites excluding steroid dienone is 7. The van der Waals surface area contributed by atoms with Crippen LogP contribution in [0.4, 0.5) is 5.69 Å². The molecule has 0 radical (unpaired) electrons. The van der Waals surface area contributed by atoms with Gasteiger partial charge in [-0.3, -0.25) is 33.9 Å². The van der Waals surface area contributed by atoms with E-state index < -0.39 is 54.3 Å². The molecule has 128 heavy (non-hydrogen) atoms. The SMILES string of the molecule is C.C=C(/C=C(\C=C\C(=O)O)c1cccc(CN2O[C@@H](CO)[C@@H]([C@H](C)O)[C@H]2C(=O)N[C@H]2C[C@H]3C[C@@H]([C@@H]2C)C3(C)C)c1OC)N(C)C.C=C/C=C\C=C\C[C@H]1CN(Cc2ccccc2)CCN1.COc1c(CN2O[C@@H](CO)[C@@H]([C@H](C)O)[C@H]2C(=O)N[C@H]2C[C@H]3C[C@@H]([C@@H]2C)C3(C)C)cccc1-c1cc(C(=O)N2CCN(Cc3ccccc3)C[C@@H]2Cc2ccccc2)cc(N(C)C)c1. The Labute approximate surface area is 761 Å². The number of ether oxygens (including phenoxy) is 2. The summed E-state index contributed by atoms with van der Waals surface area (Å²) >= 11 is 0. The molecule has 0 spiro atoms. The van der Waals surface area contributed by atoms with Gasteiger partial charge in [-0.25, -0.2) is 4.79 Å². The van der Waals surface area contributed by atoms with E-state index in [-0.39, 0.29) is 80.4 Å². The Hall–Kier alpha value is -9.60. The number of likely N-dealkylation sites (N-methyl/N-ethyl adjacent to an activating group) is 1. The van der Waals surface area contributed by atoms with Crippen LogP contribution in [0.3, 0.4) is 0 Å². The molecule has 6 aliphatic carbocycles. The number of aliphatic carboxylic acids is 1. The lowest BCUT2D eigenvalue weighted by Gasteiger charge is -2.62. The van der Waals surface area contributed by atoms with E-state index in [9.17, 15) is 44.7 Å². The van der Waals surface area contributed by atoms with Gasteiger partial charge in [0.1, 0.15) is 35.8 Å². The number of para-hydroxylation sites is 2. The number of fused-ring (bicyclic) bond motifs is 4. The Morgan fingerprint density at radius 1 is 0.625 bits per heavy atom. The number of nitrogens with zero attached hydrogens (tertiary/aromatic N) is 7. The number of aliphatic hydroxyl groups is 4. The molecule has 0 unspecified atom stereocenters. The van der Waals surface area contributed by atoms with Crippen molar-refractivity contribution < 1.29 is 63.9 Å². The third kappa shape index (κ3) is 23.4. The van der Waals surface area contributed by atoms with Crippen molar-refractivity contribution in [3.63, 3.8) is 0 Å². The highest BCUT2D eigenvalue weighted by atomic mass is 16.7. The molecule has 4 bridgehead atoms. The lowest BCUT2D eigenvalue weighted by atomic mass is 9.45. The summed E-state index contributed by atoms with van der Waals surface area (Å²) in [7, 11) is 10.8. The van der Waals surface area contributed by atoms with Gasteiger partial charge in [-0.1, -0.05) is 220 Å². The summed E-state index contributed by atoms with van der Waals surface area (Å²) in [5.74, 6) is 1.12. The first-order chi connectivity index (χ1) is 60.8. The fraction of sp³-hybridized carbons (Fsp3) is 0.505. The van der Waals surface area contributed by atoms with E-state index in [0.29, 0.717) is 87.6 Å². The van der Waals surface area contributed by atoms with Gasteiger partial charge in [-0.05, 0) is 157 Å². The van der Waals surface area contributed by atoms with E-state index >= 15 is 0 Å². The zero-order valence-electron chi connectivity index (χ0n) is 77.1. The van der Waals surface area contributed by atoms with Gasteiger partial charge in [0.2, 0.25) is 11.8 Å². The third-order valence-electron chi connectivity index (χ3n) is 28.9. The van der Waals surface area contributed by atoms with Crippen LogP contribution in [0.15, 0.2) is 213 Å². The van der Waals surface area contributed by atoms with E-state index in [2.05, 4.69) is 182 Å². The van der Waals surface area contributed by atoms with Crippen molar-refractivity contribution >= 4 is 35.0 Å². The molecule has 23 heteroatoms. The number of benzene rings is 6. The number of rotatable bonds is 32. The summed E-state index contributed by atoms with van der Waals surface area (Å²) in [5.41, 5.74) is 10.8. The summed E-state index contributed by atoms with van der Waals surface area (Å²) < 4.78 is 12.1.